The molecule has 0 atom stereocenters. The summed E-state index contributed by atoms with van der Waals surface area (Å²) in [5, 5.41) is 14.3. The largest absolute Gasteiger partial charge is 0.379 e. The lowest BCUT2D eigenvalue weighted by Crippen LogP contribution is -2.25. The number of hydrogen-bond acceptors (Lipinski definition) is 6. The van der Waals surface area contributed by atoms with Gasteiger partial charge in [-0.3, -0.25) is 9.59 Å². The van der Waals surface area contributed by atoms with Crippen LogP contribution < -0.4 is 10.6 Å². The van der Waals surface area contributed by atoms with E-state index in [1.807, 2.05) is 6.92 Å². The minimum atomic E-state index is -0.156. The van der Waals surface area contributed by atoms with Gasteiger partial charge < -0.3 is 24.8 Å². The number of carbonyl (C=O) groups excluding carboxylic acids is 2. The lowest BCUT2D eigenvalue weighted by atomic mass is 10.1. The average Bonchev–Trinajstić information content (AvgIpc) is 2.97. The molecule has 0 saturated heterocycles. The van der Waals surface area contributed by atoms with Gasteiger partial charge in [-0.1, -0.05) is 31.6 Å². The molecule has 0 aliphatic rings. The second-order valence-electron chi connectivity index (χ2n) is 9.14. The van der Waals surface area contributed by atoms with Gasteiger partial charge in [0.1, 0.15) is 0 Å². The Morgan fingerprint density at radius 3 is 1.95 bits per heavy atom. The number of rotatable bonds is 23. The van der Waals surface area contributed by atoms with E-state index in [-0.39, 0.29) is 11.8 Å². The summed E-state index contributed by atoms with van der Waals surface area (Å²) in [6.45, 7) is 6.13. The third-order valence-corrected chi connectivity index (χ3v) is 5.82. The molecule has 1 rings (SSSR count). The molecule has 2 N–H and O–H groups in total. The monoisotopic (exact) mass is 551 g/mol. The van der Waals surface area contributed by atoms with Crippen molar-refractivity contribution in [1.82, 2.24) is 10.6 Å². The Hall–Kier alpha value is -3.35. The number of carbonyl (C=O) groups is 2. The minimum Gasteiger partial charge on any atom is -0.379 e. The zero-order valence-corrected chi connectivity index (χ0v) is 24.0. The van der Waals surface area contributed by atoms with Crippen molar-refractivity contribution < 1.29 is 23.8 Å². The highest BCUT2D eigenvalue weighted by molar-refractivity contribution is 5.94. The van der Waals surface area contributed by atoms with Gasteiger partial charge in [0.2, 0.25) is 5.91 Å². The maximum absolute atomic E-state index is 12.1. The van der Waals surface area contributed by atoms with Crippen molar-refractivity contribution >= 4 is 11.8 Å². The number of unbranched alkanes of at least 4 members (excludes halogenated alkanes) is 6. The fourth-order valence-electron chi connectivity index (χ4n) is 3.65. The first kappa shape index (κ1) is 34.7. The number of ether oxygens (including phenoxy) is 3. The van der Waals surface area contributed by atoms with Gasteiger partial charge in [-0.25, -0.2) is 0 Å². The van der Waals surface area contributed by atoms with Crippen LogP contribution in [0.5, 0.6) is 0 Å². The number of amides is 2. The summed E-state index contributed by atoms with van der Waals surface area (Å²) in [7, 11) is 0. The van der Waals surface area contributed by atoms with Gasteiger partial charge in [0, 0.05) is 56.2 Å². The van der Waals surface area contributed by atoms with Crippen LogP contribution in [-0.2, 0) is 19.0 Å². The van der Waals surface area contributed by atoms with Gasteiger partial charge in [0.15, 0.2) is 6.07 Å². The molecule has 218 valence electrons. The van der Waals surface area contributed by atoms with E-state index >= 15 is 0 Å². The predicted octanol–water partition coefficient (Wildman–Crippen LogP) is 4.38. The van der Waals surface area contributed by atoms with Crippen LogP contribution in [0.3, 0.4) is 0 Å². The van der Waals surface area contributed by atoms with Gasteiger partial charge in [-0.15, -0.1) is 11.8 Å². The predicted molar refractivity (Wildman–Crippen MR) is 156 cm³/mol. The third-order valence-electron chi connectivity index (χ3n) is 5.82. The molecule has 0 aromatic heterocycles. The standard InChI is InChI=1S/C32H45N3O5/c1-2-3-4-5-6-7-8-9-10-15-31(36)34-21-12-23-38-25-27-40-28-26-39-24-13-22-35-32(37)30-18-16-29(17-19-30)14-11-20-33/h16-19H,4-10,12-13,15,21-28H2,1H3,(H,34,36)(H,35,37). The lowest BCUT2D eigenvalue weighted by Gasteiger charge is -2.08. The smallest absolute Gasteiger partial charge is 0.251 e. The van der Waals surface area contributed by atoms with Gasteiger partial charge >= 0.3 is 0 Å². The second kappa shape index (κ2) is 25.9. The van der Waals surface area contributed by atoms with Crippen LogP contribution in [0.1, 0.15) is 87.1 Å². The molecule has 0 radical (unpaired) electrons. The molecule has 0 fully saturated rings. The van der Waals surface area contributed by atoms with Crippen LogP contribution in [0.4, 0.5) is 0 Å². The van der Waals surface area contributed by atoms with Crippen LogP contribution in [0.2, 0.25) is 0 Å². The van der Waals surface area contributed by atoms with Crippen LogP contribution in [0.15, 0.2) is 24.3 Å². The normalized spacial score (nSPS) is 10.0. The van der Waals surface area contributed by atoms with Crippen molar-refractivity contribution in [2.45, 2.75) is 71.1 Å². The highest BCUT2D eigenvalue weighted by Crippen LogP contribution is 2.08. The quantitative estimate of drug-likeness (QED) is 0.154. The number of nitrogens with zero attached hydrogens (tertiary/aromatic N) is 1. The van der Waals surface area contributed by atoms with Crippen molar-refractivity contribution in [3.05, 3.63) is 35.4 Å². The average molecular weight is 552 g/mol. The van der Waals surface area contributed by atoms with Gasteiger partial charge in [-0.2, -0.15) is 5.26 Å². The topological polar surface area (TPSA) is 110 Å². The van der Waals surface area contributed by atoms with E-state index in [0.29, 0.717) is 76.7 Å². The number of benzene rings is 1. The first-order valence-electron chi connectivity index (χ1n) is 14.3. The first-order valence-corrected chi connectivity index (χ1v) is 14.3. The summed E-state index contributed by atoms with van der Waals surface area (Å²) in [6, 6.07) is 8.55. The zero-order chi connectivity index (χ0) is 28.9. The second-order valence-corrected chi connectivity index (χ2v) is 9.14. The Morgan fingerprint density at radius 2 is 1.32 bits per heavy atom. The van der Waals surface area contributed by atoms with Crippen LogP contribution in [0, 0.1) is 35.0 Å². The third kappa shape index (κ3) is 20.6. The Bertz CT molecular complexity index is 980. The molecule has 1 aromatic carbocycles. The van der Waals surface area contributed by atoms with E-state index in [2.05, 4.69) is 34.3 Å². The molecule has 0 aliphatic heterocycles. The van der Waals surface area contributed by atoms with E-state index in [1.165, 1.54) is 25.7 Å². The maximum atomic E-state index is 12.1. The molecule has 2 amide bonds. The zero-order valence-electron chi connectivity index (χ0n) is 24.0. The number of nitriles is 1. The van der Waals surface area contributed by atoms with E-state index in [9.17, 15) is 9.59 Å². The first-order chi connectivity index (χ1) is 19.7. The molecular weight excluding hydrogens is 506 g/mol. The van der Waals surface area contributed by atoms with Crippen LogP contribution in [0.25, 0.3) is 0 Å². The summed E-state index contributed by atoms with van der Waals surface area (Å²) >= 11 is 0. The molecule has 40 heavy (non-hydrogen) atoms. The van der Waals surface area contributed by atoms with Crippen molar-refractivity contribution in [1.29, 1.82) is 5.26 Å². The number of hydrogen-bond donors (Lipinski definition) is 2. The fraction of sp³-hybridized carbons (Fsp3) is 0.594. The minimum absolute atomic E-state index is 0.123. The van der Waals surface area contributed by atoms with E-state index < -0.39 is 0 Å². The number of nitrogens with one attached hydrogen (secondary N) is 2. The highest BCUT2D eigenvalue weighted by atomic mass is 16.5. The van der Waals surface area contributed by atoms with Gasteiger partial charge in [-0.05, 0) is 56.9 Å². The molecular formula is C32H45N3O5. The highest BCUT2D eigenvalue weighted by Gasteiger charge is 2.04. The Kier molecular flexibility index (Phi) is 22.5. The maximum Gasteiger partial charge on any atom is 0.251 e. The summed E-state index contributed by atoms with van der Waals surface area (Å²) in [5.74, 6) is 11.0. The van der Waals surface area contributed by atoms with E-state index in [1.54, 1.807) is 30.3 Å². The van der Waals surface area contributed by atoms with Crippen LogP contribution in [-0.4, -0.2) is 64.5 Å². The fourth-order valence-corrected chi connectivity index (χ4v) is 3.65. The molecule has 0 unspecified atom stereocenters. The molecule has 0 saturated carbocycles. The van der Waals surface area contributed by atoms with E-state index in [4.69, 9.17) is 19.5 Å². The summed E-state index contributed by atoms with van der Waals surface area (Å²) < 4.78 is 16.5. The molecule has 0 aliphatic carbocycles. The molecule has 0 heterocycles. The molecule has 0 bridgehead atoms. The van der Waals surface area contributed by atoms with Gasteiger partial charge in [0.25, 0.3) is 5.91 Å². The lowest BCUT2D eigenvalue weighted by molar-refractivity contribution is -0.121. The van der Waals surface area contributed by atoms with E-state index in [0.717, 1.165) is 25.7 Å². The van der Waals surface area contributed by atoms with Gasteiger partial charge in [0.05, 0.1) is 26.4 Å². The van der Waals surface area contributed by atoms with Crippen molar-refractivity contribution in [3.63, 3.8) is 0 Å². The van der Waals surface area contributed by atoms with Crippen LogP contribution >= 0.6 is 0 Å². The van der Waals surface area contributed by atoms with Crippen molar-refractivity contribution in [3.8, 4) is 29.8 Å². The molecule has 8 nitrogen and oxygen atoms in total. The Balaban J connectivity index is 1.82. The molecule has 0 spiro atoms. The SMILES string of the molecule is CC#CCCCCCCCCC(=O)NCCCOCCOCCOCCCNC(=O)c1ccc(C#CC#N)cc1. The Morgan fingerprint density at radius 1 is 0.750 bits per heavy atom. The summed E-state index contributed by atoms with van der Waals surface area (Å²) in [4.78, 5) is 24.0. The summed E-state index contributed by atoms with van der Waals surface area (Å²) in [5.41, 5.74) is 1.24. The molecule has 8 heteroatoms. The van der Waals surface area contributed by atoms with Crippen molar-refractivity contribution in [2.75, 3.05) is 52.7 Å². The summed E-state index contributed by atoms with van der Waals surface area (Å²) in [6.07, 6.45) is 9.96. The molecule has 1 aromatic rings. The van der Waals surface area contributed by atoms with Crippen molar-refractivity contribution in [2.24, 2.45) is 0 Å². The Labute approximate surface area is 240 Å².